The van der Waals surface area contributed by atoms with Crippen molar-refractivity contribution in [3.05, 3.63) is 71.8 Å². The fraction of sp³-hybridized carbons (Fsp3) is 0.273. The van der Waals surface area contributed by atoms with Crippen molar-refractivity contribution in [1.29, 1.82) is 0 Å². The Kier molecular flexibility index (Phi) is 6.73. The minimum Gasteiger partial charge on any atom is -0.439 e. The molecule has 0 spiro atoms. The van der Waals surface area contributed by atoms with E-state index in [1.165, 1.54) is 31.4 Å². The summed E-state index contributed by atoms with van der Waals surface area (Å²) in [4.78, 5) is 53.3. The molecular formula is C22H17Cl3N2O7. The van der Waals surface area contributed by atoms with Gasteiger partial charge in [-0.1, -0.05) is 71.2 Å². The van der Waals surface area contributed by atoms with Gasteiger partial charge in [-0.05, 0) is 24.3 Å². The second kappa shape index (κ2) is 9.42. The zero-order valence-corrected chi connectivity index (χ0v) is 19.7. The lowest BCUT2D eigenvalue weighted by Gasteiger charge is -2.32. The van der Waals surface area contributed by atoms with E-state index in [2.05, 4.69) is 0 Å². The molecule has 4 atom stereocenters. The maximum atomic E-state index is 13.2. The summed E-state index contributed by atoms with van der Waals surface area (Å²) in [7, 11) is 1.23. The third-order valence-electron chi connectivity index (χ3n) is 5.38. The molecule has 0 radical (unpaired) electrons. The average Bonchev–Trinajstić information content (AvgIpc) is 3.35. The molecule has 0 unspecified atom stereocenters. The van der Waals surface area contributed by atoms with Crippen molar-refractivity contribution >= 4 is 58.8 Å². The number of carbonyl (C=O) groups excluding carboxylic acids is 4. The smallest absolute Gasteiger partial charge is 0.419 e. The Hall–Kier alpha value is -2.85. The number of alkyl halides is 3. The highest BCUT2D eigenvalue weighted by atomic mass is 35.6. The highest BCUT2D eigenvalue weighted by Crippen LogP contribution is 2.43. The Balaban J connectivity index is 1.74. The van der Waals surface area contributed by atoms with Crippen molar-refractivity contribution in [2.45, 2.75) is 28.3 Å². The van der Waals surface area contributed by atoms with Gasteiger partial charge in [0.1, 0.15) is 6.04 Å². The van der Waals surface area contributed by atoms with Gasteiger partial charge in [-0.15, -0.1) is 0 Å². The second-order valence-electron chi connectivity index (χ2n) is 7.39. The SMILES string of the molecule is CO[C@H]1[C@H]([C@H]2[C@H](C(Cl)(Cl)Cl)OC(=O)N2C(=O)c2ccccc2)OC(=O)N1C(=O)c1ccccc1. The number of methoxy groups -OCH3 is 1. The molecule has 12 heteroatoms. The van der Waals surface area contributed by atoms with E-state index in [4.69, 9.17) is 49.0 Å². The van der Waals surface area contributed by atoms with Crippen molar-refractivity contribution < 1.29 is 33.4 Å². The van der Waals surface area contributed by atoms with Crippen LogP contribution in [-0.2, 0) is 14.2 Å². The lowest BCUT2D eigenvalue weighted by molar-refractivity contribution is -0.0461. The van der Waals surface area contributed by atoms with Crippen LogP contribution in [-0.4, -0.2) is 69.2 Å². The van der Waals surface area contributed by atoms with E-state index in [0.717, 1.165) is 4.90 Å². The van der Waals surface area contributed by atoms with E-state index >= 15 is 0 Å². The van der Waals surface area contributed by atoms with Crippen LogP contribution in [0, 0.1) is 0 Å². The molecule has 0 bridgehead atoms. The van der Waals surface area contributed by atoms with E-state index < -0.39 is 52.3 Å². The molecule has 0 saturated carbocycles. The number of benzene rings is 2. The van der Waals surface area contributed by atoms with Gasteiger partial charge in [0.15, 0.2) is 18.4 Å². The van der Waals surface area contributed by atoms with Crippen molar-refractivity contribution in [2.75, 3.05) is 7.11 Å². The monoisotopic (exact) mass is 526 g/mol. The van der Waals surface area contributed by atoms with Gasteiger partial charge in [0.05, 0.1) is 0 Å². The van der Waals surface area contributed by atoms with Gasteiger partial charge in [-0.2, -0.15) is 0 Å². The van der Waals surface area contributed by atoms with E-state index in [0.29, 0.717) is 4.90 Å². The molecule has 2 aliphatic heterocycles. The zero-order chi connectivity index (χ0) is 24.6. The van der Waals surface area contributed by atoms with E-state index in [1.54, 1.807) is 36.4 Å². The molecule has 0 aliphatic carbocycles. The van der Waals surface area contributed by atoms with Gasteiger partial charge >= 0.3 is 12.2 Å². The lowest BCUT2D eigenvalue weighted by Crippen LogP contribution is -2.56. The third kappa shape index (κ3) is 4.32. The molecular weight excluding hydrogens is 511 g/mol. The van der Waals surface area contributed by atoms with Gasteiger partial charge in [0, 0.05) is 18.2 Å². The van der Waals surface area contributed by atoms with Gasteiger partial charge in [0.25, 0.3) is 11.8 Å². The number of ether oxygens (including phenoxy) is 3. The zero-order valence-electron chi connectivity index (χ0n) is 17.5. The van der Waals surface area contributed by atoms with Crippen LogP contribution in [0.4, 0.5) is 9.59 Å². The molecule has 34 heavy (non-hydrogen) atoms. The number of carbonyl (C=O) groups is 4. The molecule has 2 saturated heterocycles. The number of imide groups is 2. The lowest BCUT2D eigenvalue weighted by atomic mass is 10.0. The Morgan fingerprint density at radius 3 is 1.76 bits per heavy atom. The summed E-state index contributed by atoms with van der Waals surface area (Å²) in [6.45, 7) is 0. The normalized spacial score (nSPS) is 24.7. The van der Waals surface area contributed by atoms with Gasteiger partial charge in [-0.25, -0.2) is 19.4 Å². The summed E-state index contributed by atoms with van der Waals surface area (Å²) in [6.07, 6.45) is -6.46. The van der Waals surface area contributed by atoms with E-state index in [-0.39, 0.29) is 11.1 Å². The average molecular weight is 528 g/mol. The Morgan fingerprint density at radius 2 is 1.29 bits per heavy atom. The summed E-state index contributed by atoms with van der Waals surface area (Å²) in [5.74, 6) is -1.48. The summed E-state index contributed by atoms with van der Waals surface area (Å²) in [5.41, 5.74) is 0.334. The number of halogens is 3. The second-order valence-corrected chi connectivity index (χ2v) is 9.76. The van der Waals surface area contributed by atoms with Crippen molar-refractivity contribution in [3.8, 4) is 0 Å². The number of cyclic esters (lactones) is 2. The number of rotatable bonds is 4. The molecule has 178 valence electrons. The summed E-state index contributed by atoms with van der Waals surface area (Å²) >= 11 is 18.2. The highest BCUT2D eigenvalue weighted by molar-refractivity contribution is 6.68. The van der Waals surface area contributed by atoms with Gasteiger partial charge in [0.2, 0.25) is 3.79 Å². The molecule has 9 nitrogen and oxygen atoms in total. The Bertz CT molecular complexity index is 1110. The molecule has 4 rings (SSSR count). The Morgan fingerprint density at radius 1 is 0.824 bits per heavy atom. The van der Waals surface area contributed by atoms with Crippen LogP contribution >= 0.6 is 34.8 Å². The van der Waals surface area contributed by atoms with E-state index in [1.807, 2.05) is 0 Å². The molecule has 2 aliphatic rings. The first kappa shape index (κ1) is 24.3. The number of hydrogen-bond donors (Lipinski definition) is 0. The highest BCUT2D eigenvalue weighted by Gasteiger charge is 2.63. The first-order chi connectivity index (χ1) is 16.1. The maximum Gasteiger partial charge on any atom is 0.419 e. The predicted octanol–water partition coefficient (Wildman–Crippen LogP) is 4.02. The number of hydrogen-bond acceptors (Lipinski definition) is 7. The van der Waals surface area contributed by atoms with Crippen LogP contribution in [0.3, 0.4) is 0 Å². The number of nitrogens with zero attached hydrogens (tertiary/aromatic N) is 2. The first-order valence-corrected chi connectivity index (χ1v) is 11.1. The van der Waals surface area contributed by atoms with Crippen molar-refractivity contribution in [1.82, 2.24) is 9.80 Å². The molecule has 0 N–H and O–H groups in total. The summed E-state index contributed by atoms with van der Waals surface area (Å²) < 4.78 is 13.9. The standard InChI is InChI=1S/C22H17Cl3N2O7/c1-32-19-15(33-21(31)27(19)18(29)13-10-6-3-7-11-13)14-16(22(23,24)25)34-20(30)26(14)17(28)12-8-4-2-5-9-12/h2-11,14-16,19H,1H3/t14-,15-,16+,19-/m0/s1. The summed E-state index contributed by atoms with van der Waals surface area (Å²) in [5, 5.41) is 0. The molecule has 2 aromatic carbocycles. The predicted molar refractivity (Wildman–Crippen MR) is 121 cm³/mol. The first-order valence-electron chi connectivity index (χ1n) is 9.93. The van der Waals surface area contributed by atoms with Crippen molar-refractivity contribution in [2.24, 2.45) is 0 Å². The molecule has 2 fully saturated rings. The summed E-state index contributed by atoms with van der Waals surface area (Å²) in [6, 6.07) is 14.4. The fourth-order valence-corrected chi connectivity index (χ4v) is 4.41. The molecule has 2 aromatic rings. The maximum absolute atomic E-state index is 13.2. The van der Waals surface area contributed by atoms with Crippen LogP contribution in [0.1, 0.15) is 20.7 Å². The van der Waals surface area contributed by atoms with Crippen LogP contribution < -0.4 is 0 Å². The van der Waals surface area contributed by atoms with E-state index in [9.17, 15) is 19.2 Å². The van der Waals surface area contributed by atoms with Gasteiger partial charge in [-0.3, -0.25) is 9.59 Å². The minimum atomic E-state index is -2.20. The van der Waals surface area contributed by atoms with Crippen molar-refractivity contribution in [3.63, 3.8) is 0 Å². The van der Waals surface area contributed by atoms with Crippen LogP contribution in [0.15, 0.2) is 60.7 Å². The van der Waals surface area contributed by atoms with Gasteiger partial charge < -0.3 is 14.2 Å². The number of amides is 4. The fourth-order valence-electron chi connectivity index (χ4n) is 3.89. The van der Waals surface area contributed by atoms with Crippen LogP contribution in [0.2, 0.25) is 0 Å². The largest absolute Gasteiger partial charge is 0.439 e. The van der Waals surface area contributed by atoms with Crippen LogP contribution in [0.5, 0.6) is 0 Å². The molecule has 2 heterocycles. The molecule has 0 aromatic heterocycles. The van der Waals surface area contributed by atoms with Crippen LogP contribution in [0.25, 0.3) is 0 Å². The quantitative estimate of drug-likeness (QED) is 0.553. The topological polar surface area (TPSA) is 102 Å². The third-order valence-corrected chi connectivity index (χ3v) is 6.03. The molecule has 4 amide bonds. The Labute approximate surface area is 209 Å². The minimum absolute atomic E-state index is 0.143.